The molecule has 3 N–H and O–H groups in total. The van der Waals surface area contributed by atoms with Gasteiger partial charge in [-0.2, -0.15) is 0 Å². The van der Waals surface area contributed by atoms with Gasteiger partial charge in [0.15, 0.2) is 0 Å². The Morgan fingerprint density at radius 3 is 2.26 bits per heavy atom. The molecule has 1 atom stereocenters. The van der Waals surface area contributed by atoms with E-state index in [9.17, 15) is 33.9 Å². The molecule has 11 heteroatoms. The molecule has 0 aromatic rings. The highest BCUT2D eigenvalue weighted by Gasteiger charge is 2.33. The Morgan fingerprint density at radius 2 is 1.78 bits per heavy atom. The molecular weight excluding hydrogens is 362 g/mol. The zero-order valence-electron chi connectivity index (χ0n) is 15.0. The van der Waals surface area contributed by atoms with Gasteiger partial charge in [0.1, 0.15) is 6.04 Å². The first-order valence-corrected chi connectivity index (χ1v) is 8.54. The number of nitrogens with zero attached hydrogens (tertiary/aromatic N) is 2. The standard InChI is InChI=1S/C16H23N3O8/c1-2-8-18(10(16(25)26)9-11(17)20)12(21)4-3-5-15(24)27-19-13(22)6-7-14(19)23/h10H,2-9H2,1H3,(H2,17,20)(H,25,26)/t10-/m0/s1. The minimum absolute atomic E-state index is 0.0208. The quantitative estimate of drug-likeness (QED) is 0.442. The van der Waals surface area contributed by atoms with Crippen molar-refractivity contribution in [3.05, 3.63) is 0 Å². The first kappa shape index (κ1) is 22.1. The summed E-state index contributed by atoms with van der Waals surface area (Å²) in [5.74, 6) is -4.79. The monoisotopic (exact) mass is 385 g/mol. The maximum absolute atomic E-state index is 12.3. The number of hydroxylamine groups is 2. The number of imide groups is 1. The molecule has 150 valence electrons. The fraction of sp³-hybridized carbons (Fsp3) is 0.625. The van der Waals surface area contributed by atoms with Crippen molar-refractivity contribution in [2.75, 3.05) is 6.54 Å². The molecule has 0 saturated carbocycles. The Morgan fingerprint density at radius 1 is 1.19 bits per heavy atom. The molecular formula is C16H23N3O8. The summed E-state index contributed by atoms with van der Waals surface area (Å²) in [6, 6.07) is -1.37. The van der Waals surface area contributed by atoms with Gasteiger partial charge in [0, 0.05) is 32.2 Å². The van der Waals surface area contributed by atoms with Crippen LogP contribution in [0.25, 0.3) is 0 Å². The lowest BCUT2D eigenvalue weighted by molar-refractivity contribution is -0.197. The van der Waals surface area contributed by atoms with Crippen LogP contribution in [0.3, 0.4) is 0 Å². The average Bonchev–Trinajstić information content (AvgIpc) is 2.89. The normalized spacial score (nSPS) is 14.8. The number of carboxylic acid groups (broad SMARTS) is 1. The van der Waals surface area contributed by atoms with Crippen molar-refractivity contribution in [1.82, 2.24) is 9.96 Å². The summed E-state index contributed by atoms with van der Waals surface area (Å²) in [6.45, 7) is 1.86. The molecule has 27 heavy (non-hydrogen) atoms. The largest absolute Gasteiger partial charge is 0.480 e. The van der Waals surface area contributed by atoms with Crippen molar-refractivity contribution in [2.45, 2.75) is 57.9 Å². The van der Waals surface area contributed by atoms with E-state index in [0.29, 0.717) is 11.5 Å². The molecule has 0 aliphatic carbocycles. The maximum Gasteiger partial charge on any atom is 0.333 e. The third kappa shape index (κ3) is 6.68. The van der Waals surface area contributed by atoms with Crippen LogP contribution in [-0.2, 0) is 33.6 Å². The molecule has 0 unspecified atom stereocenters. The molecule has 0 radical (unpaired) electrons. The van der Waals surface area contributed by atoms with Crippen LogP contribution in [0.2, 0.25) is 0 Å². The number of hydrogen-bond donors (Lipinski definition) is 2. The molecule has 0 aromatic heterocycles. The number of aliphatic carboxylic acids is 1. The van der Waals surface area contributed by atoms with Crippen molar-refractivity contribution in [1.29, 1.82) is 0 Å². The third-order valence-electron chi connectivity index (χ3n) is 3.81. The Labute approximate surface area is 155 Å². The number of carboxylic acids is 1. The zero-order valence-corrected chi connectivity index (χ0v) is 15.0. The topological polar surface area (TPSA) is 164 Å². The number of carbonyl (C=O) groups excluding carboxylic acids is 5. The molecule has 11 nitrogen and oxygen atoms in total. The summed E-state index contributed by atoms with van der Waals surface area (Å²) in [5.41, 5.74) is 5.04. The van der Waals surface area contributed by atoms with Crippen LogP contribution in [-0.4, -0.2) is 63.2 Å². The first-order valence-electron chi connectivity index (χ1n) is 8.54. The van der Waals surface area contributed by atoms with Gasteiger partial charge in [0.25, 0.3) is 11.8 Å². The lowest BCUT2D eigenvalue weighted by Gasteiger charge is -2.28. The van der Waals surface area contributed by atoms with Crippen molar-refractivity contribution in [2.24, 2.45) is 5.73 Å². The van der Waals surface area contributed by atoms with Gasteiger partial charge >= 0.3 is 11.9 Å². The molecule has 1 heterocycles. The van der Waals surface area contributed by atoms with Crippen LogP contribution in [0.5, 0.6) is 0 Å². The second kappa shape index (κ2) is 10.2. The van der Waals surface area contributed by atoms with E-state index in [1.54, 1.807) is 6.92 Å². The van der Waals surface area contributed by atoms with E-state index < -0.39 is 48.0 Å². The first-order chi connectivity index (χ1) is 12.7. The Hall–Kier alpha value is -2.98. The number of carbonyl (C=O) groups is 6. The van der Waals surface area contributed by atoms with Gasteiger partial charge in [-0.3, -0.25) is 19.2 Å². The zero-order chi connectivity index (χ0) is 20.6. The van der Waals surface area contributed by atoms with Gasteiger partial charge in [-0.05, 0) is 12.8 Å². The maximum atomic E-state index is 12.3. The number of amides is 4. The molecule has 1 aliphatic heterocycles. The molecule has 1 rings (SSSR count). The molecule has 4 amide bonds. The van der Waals surface area contributed by atoms with Crippen LogP contribution in [0, 0.1) is 0 Å². The second-order valence-electron chi connectivity index (χ2n) is 6.01. The van der Waals surface area contributed by atoms with Crippen molar-refractivity contribution in [3.63, 3.8) is 0 Å². The van der Waals surface area contributed by atoms with Gasteiger partial charge in [0.05, 0.1) is 6.42 Å². The average molecular weight is 385 g/mol. The Bertz CT molecular complexity index is 617. The minimum Gasteiger partial charge on any atom is -0.480 e. The highest BCUT2D eigenvalue weighted by atomic mass is 16.7. The van der Waals surface area contributed by atoms with Gasteiger partial charge < -0.3 is 20.6 Å². The van der Waals surface area contributed by atoms with Crippen LogP contribution < -0.4 is 5.73 Å². The van der Waals surface area contributed by atoms with E-state index in [-0.39, 0.29) is 38.6 Å². The van der Waals surface area contributed by atoms with Crippen LogP contribution in [0.4, 0.5) is 0 Å². The predicted octanol–water partition coefficient (Wildman–Crippen LogP) is -0.669. The van der Waals surface area contributed by atoms with Crippen molar-refractivity contribution < 1.29 is 38.7 Å². The van der Waals surface area contributed by atoms with E-state index >= 15 is 0 Å². The number of hydrogen-bond acceptors (Lipinski definition) is 7. The summed E-state index contributed by atoms with van der Waals surface area (Å²) in [5, 5.41) is 9.66. The van der Waals surface area contributed by atoms with Crippen LogP contribution >= 0.6 is 0 Å². The number of rotatable bonds is 11. The summed E-state index contributed by atoms with van der Waals surface area (Å²) in [7, 11) is 0. The number of nitrogens with two attached hydrogens (primary N) is 1. The van der Waals surface area contributed by atoms with E-state index in [1.807, 2.05) is 0 Å². The molecule has 1 aliphatic rings. The summed E-state index contributed by atoms with van der Waals surface area (Å²) in [4.78, 5) is 74.9. The minimum atomic E-state index is -1.37. The second-order valence-corrected chi connectivity index (χ2v) is 6.01. The number of primary amides is 1. The van der Waals surface area contributed by atoms with Crippen molar-refractivity contribution in [3.8, 4) is 0 Å². The van der Waals surface area contributed by atoms with Crippen LogP contribution in [0.1, 0.15) is 51.9 Å². The smallest absolute Gasteiger partial charge is 0.333 e. The fourth-order valence-electron chi connectivity index (χ4n) is 2.55. The third-order valence-corrected chi connectivity index (χ3v) is 3.81. The van der Waals surface area contributed by atoms with Gasteiger partial charge in [-0.15, -0.1) is 5.06 Å². The van der Waals surface area contributed by atoms with E-state index in [4.69, 9.17) is 5.73 Å². The lowest BCUT2D eigenvalue weighted by Crippen LogP contribution is -2.47. The highest BCUT2D eigenvalue weighted by Crippen LogP contribution is 2.14. The summed E-state index contributed by atoms with van der Waals surface area (Å²) < 4.78 is 0. The molecule has 1 saturated heterocycles. The van der Waals surface area contributed by atoms with E-state index in [2.05, 4.69) is 4.84 Å². The predicted molar refractivity (Wildman–Crippen MR) is 88.3 cm³/mol. The van der Waals surface area contributed by atoms with E-state index in [0.717, 1.165) is 4.90 Å². The lowest BCUT2D eigenvalue weighted by atomic mass is 10.1. The molecule has 1 fully saturated rings. The Kier molecular flexibility index (Phi) is 8.36. The fourth-order valence-corrected chi connectivity index (χ4v) is 2.55. The van der Waals surface area contributed by atoms with Crippen LogP contribution in [0.15, 0.2) is 0 Å². The van der Waals surface area contributed by atoms with Crippen molar-refractivity contribution >= 4 is 35.6 Å². The Balaban J connectivity index is 2.57. The molecule has 0 aromatic carbocycles. The van der Waals surface area contributed by atoms with Gasteiger partial charge in [-0.25, -0.2) is 9.59 Å². The summed E-state index contributed by atoms with van der Waals surface area (Å²) in [6.07, 6.45) is -0.468. The van der Waals surface area contributed by atoms with Gasteiger partial charge in [-0.1, -0.05) is 6.92 Å². The van der Waals surface area contributed by atoms with E-state index in [1.165, 1.54) is 0 Å². The molecule has 0 bridgehead atoms. The highest BCUT2D eigenvalue weighted by molar-refractivity contribution is 6.01. The summed E-state index contributed by atoms with van der Waals surface area (Å²) >= 11 is 0. The molecule has 0 spiro atoms. The van der Waals surface area contributed by atoms with Gasteiger partial charge in [0.2, 0.25) is 11.8 Å². The SMILES string of the molecule is CCCN(C(=O)CCCC(=O)ON1C(=O)CCC1=O)[C@@H](CC(N)=O)C(=O)O.